The third-order valence-electron chi connectivity index (χ3n) is 3.76. The van der Waals surface area contributed by atoms with Gasteiger partial charge in [-0.25, -0.2) is 0 Å². The van der Waals surface area contributed by atoms with Gasteiger partial charge >= 0.3 is 6.61 Å². The van der Waals surface area contributed by atoms with Gasteiger partial charge in [-0.3, -0.25) is 4.79 Å². The predicted octanol–water partition coefficient (Wildman–Crippen LogP) is 3.64. The van der Waals surface area contributed by atoms with Gasteiger partial charge in [-0.1, -0.05) is 18.2 Å². The minimum absolute atomic E-state index is 0.0198. The number of alkyl halides is 2. The molecule has 28 heavy (non-hydrogen) atoms. The molecular formula is C20H21F2NO5. The second-order valence-corrected chi connectivity index (χ2v) is 5.50. The van der Waals surface area contributed by atoms with Gasteiger partial charge in [0.1, 0.15) is 5.75 Å². The van der Waals surface area contributed by atoms with E-state index in [1.807, 2.05) is 0 Å². The third kappa shape index (κ3) is 5.60. The number of carbonyl (C=O) groups excluding carboxylic acids is 1. The Morgan fingerprint density at radius 2 is 1.68 bits per heavy atom. The van der Waals surface area contributed by atoms with Crippen LogP contribution in [0, 0.1) is 0 Å². The highest BCUT2D eigenvalue weighted by molar-refractivity contribution is 5.91. The first-order valence-corrected chi connectivity index (χ1v) is 8.27. The van der Waals surface area contributed by atoms with Crippen LogP contribution in [0.1, 0.15) is 11.1 Å². The fraction of sp³-hybridized carbons (Fsp3) is 0.250. The summed E-state index contributed by atoms with van der Waals surface area (Å²) in [6, 6.07) is 9.65. The molecule has 0 unspecified atom stereocenters. The molecule has 0 fully saturated rings. The lowest BCUT2D eigenvalue weighted by Gasteiger charge is -2.13. The van der Waals surface area contributed by atoms with E-state index >= 15 is 0 Å². The van der Waals surface area contributed by atoms with E-state index in [2.05, 4.69) is 10.1 Å². The molecule has 0 spiro atoms. The van der Waals surface area contributed by atoms with Crippen molar-refractivity contribution in [2.24, 2.45) is 0 Å². The van der Waals surface area contributed by atoms with Crippen molar-refractivity contribution in [3.63, 3.8) is 0 Å². The van der Waals surface area contributed by atoms with Crippen LogP contribution in [-0.4, -0.2) is 33.8 Å². The normalized spacial score (nSPS) is 10.8. The second-order valence-electron chi connectivity index (χ2n) is 5.50. The van der Waals surface area contributed by atoms with E-state index in [9.17, 15) is 13.6 Å². The summed E-state index contributed by atoms with van der Waals surface area (Å²) >= 11 is 0. The van der Waals surface area contributed by atoms with E-state index in [1.54, 1.807) is 36.4 Å². The molecule has 2 aromatic rings. The van der Waals surface area contributed by atoms with Crippen LogP contribution in [0.15, 0.2) is 42.5 Å². The van der Waals surface area contributed by atoms with Crippen LogP contribution in [0.2, 0.25) is 0 Å². The van der Waals surface area contributed by atoms with E-state index < -0.39 is 12.5 Å². The van der Waals surface area contributed by atoms with Gasteiger partial charge < -0.3 is 24.3 Å². The van der Waals surface area contributed by atoms with Gasteiger partial charge in [0.25, 0.3) is 0 Å². The zero-order valence-electron chi connectivity index (χ0n) is 15.7. The summed E-state index contributed by atoms with van der Waals surface area (Å²) in [5.41, 5.74) is 1.10. The third-order valence-corrected chi connectivity index (χ3v) is 3.76. The number of para-hydroxylation sites is 1. The van der Waals surface area contributed by atoms with E-state index in [0.29, 0.717) is 28.4 Å². The van der Waals surface area contributed by atoms with Gasteiger partial charge in [-0.15, -0.1) is 0 Å². The Bertz CT molecular complexity index is 814. The Labute approximate surface area is 161 Å². The van der Waals surface area contributed by atoms with E-state index in [1.165, 1.54) is 33.5 Å². The van der Waals surface area contributed by atoms with E-state index in [-0.39, 0.29) is 12.3 Å². The van der Waals surface area contributed by atoms with E-state index in [4.69, 9.17) is 14.2 Å². The molecular weight excluding hydrogens is 372 g/mol. The predicted molar refractivity (Wildman–Crippen MR) is 100 cm³/mol. The molecule has 0 atom stereocenters. The van der Waals surface area contributed by atoms with Gasteiger partial charge in [0, 0.05) is 18.2 Å². The fourth-order valence-electron chi connectivity index (χ4n) is 2.47. The van der Waals surface area contributed by atoms with Crippen molar-refractivity contribution in [2.45, 2.75) is 13.2 Å². The number of ether oxygens (including phenoxy) is 4. The van der Waals surface area contributed by atoms with Gasteiger partial charge in [0.2, 0.25) is 11.7 Å². The summed E-state index contributed by atoms with van der Waals surface area (Å²) in [6.45, 7) is -2.89. The molecule has 0 aromatic heterocycles. The lowest BCUT2D eigenvalue weighted by atomic mass is 10.1. The van der Waals surface area contributed by atoms with Gasteiger partial charge in [-0.2, -0.15) is 8.78 Å². The number of hydrogen-bond acceptors (Lipinski definition) is 5. The highest BCUT2D eigenvalue weighted by atomic mass is 19.3. The number of benzene rings is 2. The van der Waals surface area contributed by atoms with Gasteiger partial charge in [0.05, 0.1) is 21.3 Å². The van der Waals surface area contributed by atoms with Crippen molar-refractivity contribution in [3.05, 3.63) is 53.6 Å². The highest BCUT2D eigenvalue weighted by Gasteiger charge is 2.12. The summed E-state index contributed by atoms with van der Waals surface area (Å²) in [7, 11) is 4.49. The zero-order valence-corrected chi connectivity index (χ0v) is 15.7. The first-order chi connectivity index (χ1) is 13.5. The molecule has 0 saturated heterocycles. The molecule has 6 nitrogen and oxygen atoms in total. The van der Waals surface area contributed by atoms with Crippen molar-refractivity contribution >= 4 is 12.0 Å². The fourth-order valence-corrected chi connectivity index (χ4v) is 2.47. The Kier molecular flexibility index (Phi) is 7.62. The van der Waals surface area contributed by atoms with Crippen LogP contribution in [0.25, 0.3) is 6.08 Å². The van der Waals surface area contributed by atoms with Crippen molar-refractivity contribution in [3.8, 4) is 23.0 Å². The van der Waals surface area contributed by atoms with Crippen LogP contribution in [0.3, 0.4) is 0 Å². The number of carbonyl (C=O) groups is 1. The molecule has 0 radical (unpaired) electrons. The number of nitrogens with one attached hydrogen (secondary N) is 1. The molecule has 0 aliphatic heterocycles. The summed E-state index contributed by atoms with van der Waals surface area (Å²) in [5.74, 6) is 0.981. The zero-order chi connectivity index (χ0) is 20.5. The lowest BCUT2D eigenvalue weighted by molar-refractivity contribution is -0.116. The maximum absolute atomic E-state index is 12.4. The Hall–Kier alpha value is -3.29. The molecule has 1 amide bonds. The maximum atomic E-state index is 12.4. The smallest absolute Gasteiger partial charge is 0.387 e. The summed E-state index contributed by atoms with van der Waals surface area (Å²) in [4.78, 5) is 12.1. The standard InChI is InChI=1S/C20H21F2NO5/c1-25-16-10-13(11-17(26-2)19(16)27-3)8-9-18(24)23-12-14-6-4-5-7-15(14)28-20(21)22/h4-11,20H,12H2,1-3H3,(H,23,24)/b9-8+. The SMILES string of the molecule is COc1cc(/C=C/C(=O)NCc2ccccc2OC(F)F)cc(OC)c1OC. The summed E-state index contributed by atoms with van der Waals surface area (Å²) < 4.78 is 45.1. The maximum Gasteiger partial charge on any atom is 0.387 e. The Morgan fingerprint density at radius 1 is 1.04 bits per heavy atom. The van der Waals surface area contributed by atoms with Gasteiger partial charge in [-0.05, 0) is 29.8 Å². The molecule has 0 saturated carbocycles. The van der Waals surface area contributed by atoms with Crippen molar-refractivity contribution in [1.29, 1.82) is 0 Å². The highest BCUT2D eigenvalue weighted by Crippen LogP contribution is 2.38. The van der Waals surface area contributed by atoms with Crippen LogP contribution < -0.4 is 24.3 Å². The van der Waals surface area contributed by atoms with E-state index in [0.717, 1.165) is 0 Å². The average Bonchev–Trinajstić information content (AvgIpc) is 2.70. The van der Waals surface area contributed by atoms with Crippen LogP contribution in [0.4, 0.5) is 8.78 Å². The second kappa shape index (κ2) is 10.1. The molecule has 1 N–H and O–H groups in total. The van der Waals surface area contributed by atoms with Crippen LogP contribution in [-0.2, 0) is 11.3 Å². The quantitative estimate of drug-likeness (QED) is 0.659. The molecule has 0 bridgehead atoms. The molecule has 150 valence electrons. The largest absolute Gasteiger partial charge is 0.493 e. The molecule has 0 aliphatic rings. The van der Waals surface area contributed by atoms with Crippen molar-refractivity contribution in [2.75, 3.05) is 21.3 Å². The van der Waals surface area contributed by atoms with Crippen molar-refractivity contribution in [1.82, 2.24) is 5.32 Å². The summed E-state index contributed by atoms with van der Waals surface area (Å²) in [6.07, 6.45) is 2.89. The Morgan fingerprint density at radius 3 is 2.25 bits per heavy atom. The first-order valence-electron chi connectivity index (χ1n) is 8.27. The van der Waals surface area contributed by atoms with Crippen LogP contribution in [0.5, 0.6) is 23.0 Å². The van der Waals surface area contributed by atoms with Crippen molar-refractivity contribution < 1.29 is 32.5 Å². The number of halogens is 2. The summed E-state index contributed by atoms with van der Waals surface area (Å²) in [5, 5.41) is 2.62. The minimum atomic E-state index is -2.93. The molecule has 2 rings (SSSR count). The average molecular weight is 393 g/mol. The number of rotatable bonds is 9. The molecule has 0 heterocycles. The monoisotopic (exact) mass is 393 g/mol. The van der Waals surface area contributed by atoms with Gasteiger partial charge in [0.15, 0.2) is 11.5 Å². The number of methoxy groups -OCH3 is 3. The Balaban J connectivity index is 2.07. The topological polar surface area (TPSA) is 66.0 Å². The van der Waals surface area contributed by atoms with Crippen LogP contribution >= 0.6 is 0 Å². The number of amides is 1. The first kappa shape index (κ1) is 21.0. The molecule has 8 heteroatoms. The molecule has 2 aromatic carbocycles. The minimum Gasteiger partial charge on any atom is -0.493 e. The lowest BCUT2D eigenvalue weighted by Crippen LogP contribution is -2.21. The molecule has 0 aliphatic carbocycles. The number of hydrogen-bond donors (Lipinski definition) is 1.